The van der Waals surface area contributed by atoms with Crippen LogP contribution in [0, 0.1) is 24.2 Å². The zero-order chi connectivity index (χ0) is 22.9. The Balaban J connectivity index is 1.52. The van der Waals surface area contributed by atoms with Crippen molar-refractivity contribution in [2.24, 2.45) is 17.3 Å². The molecular weight excluding hydrogens is 428 g/mol. The van der Waals surface area contributed by atoms with Crippen LogP contribution in [0.25, 0.3) is 0 Å². The van der Waals surface area contributed by atoms with Crippen molar-refractivity contribution in [2.45, 2.75) is 50.5 Å². The highest BCUT2D eigenvalue weighted by atomic mass is 32.2. The fraction of sp³-hybridized carbons (Fsp3) is 0.440. The van der Waals surface area contributed by atoms with Crippen molar-refractivity contribution in [3.8, 4) is 0 Å². The zero-order valence-electron chi connectivity index (χ0n) is 18.3. The Morgan fingerprint density at radius 3 is 2.47 bits per heavy atom. The second-order valence-electron chi connectivity index (χ2n) is 9.33. The molecule has 0 heterocycles. The van der Waals surface area contributed by atoms with Gasteiger partial charge in [-0.15, -0.1) is 0 Å². The lowest BCUT2D eigenvalue weighted by molar-refractivity contribution is -0.118. The number of carbonyl (C=O) groups is 2. The average Bonchev–Trinajstić information content (AvgIpc) is 3.21. The zero-order valence-corrected chi connectivity index (χ0v) is 19.1. The highest BCUT2D eigenvalue weighted by Crippen LogP contribution is 2.55. The number of rotatable bonds is 7. The third-order valence-electron chi connectivity index (χ3n) is 6.87. The molecule has 0 spiro atoms. The lowest BCUT2D eigenvalue weighted by Crippen LogP contribution is -2.32. The Morgan fingerprint density at radius 1 is 1.12 bits per heavy atom. The van der Waals surface area contributed by atoms with E-state index in [-0.39, 0.29) is 34.5 Å². The summed E-state index contributed by atoms with van der Waals surface area (Å²) in [5.41, 5.74) is 1.21. The molecule has 2 aromatic carbocycles. The summed E-state index contributed by atoms with van der Waals surface area (Å²) >= 11 is 0. The number of aryl methyl sites for hydroxylation is 1. The maximum absolute atomic E-state index is 12.7. The van der Waals surface area contributed by atoms with Gasteiger partial charge in [-0.1, -0.05) is 42.8 Å². The van der Waals surface area contributed by atoms with Gasteiger partial charge in [0.25, 0.3) is 10.1 Å². The van der Waals surface area contributed by atoms with Gasteiger partial charge in [0, 0.05) is 12.8 Å². The number of esters is 1. The van der Waals surface area contributed by atoms with Crippen LogP contribution in [-0.2, 0) is 23.8 Å². The summed E-state index contributed by atoms with van der Waals surface area (Å²) in [6, 6.07) is 15.0. The van der Waals surface area contributed by atoms with Gasteiger partial charge >= 0.3 is 5.97 Å². The first kappa shape index (κ1) is 22.7. The van der Waals surface area contributed by atoms with Crippen LogP contribution in [0.2, 0.25) is 0 Å². The van der Waals surface area contributed by atoms with Gasteiger partial charge in [-0.2, -0.15) is 8.42 Å². The molecule has 0 N–H and O–H groups in total. The molecule has 2 saturated carbocycles. The van der Waals surface area contributed by atoms with Crippen LogP contribution < -0.4 is 0 Å². The van der Waals surface area contributed by atoms with E-state index in [4.69, 9.17) is 8.92 Å². The highest BCUT2D eigenvalue weighted by Gasteiger charge is 2.52. The minimum atomic E-state index is -3.99. The van der Waals surface area contributed by atoms with E-state index in [9.17, 15) is 18.0 Å². The first-order valence-electron chi connectivity index (χ1n) is 10.9. The van der Waals surface area contributed by atoms with Crippen LogP contribution in [0.5, 0.6) is 0 Å². The van der Waals surface area contributed by atoms with Crippen molar-refractivity contribution in [3.05, 3.63) is 65.7 Å². The van der Waals surface area contributed by atoms with Crippen LogP contribution in [0.3, 0.4) is 0 Å². The third kappa shape index (κ3) is 4.79. The van der Waals surface area contributed by atoms with Crippen molar-refractivity contribution in [2.75, 3.05) is 6.61 Å². The number of carbonyl (C=O) groups excluding carboxylic acids is 2. The molecule has 0 saturated heterocycles. The molecule has 0 aromatic heterocycles. The van der Waals surface area contributed by atoms with Crippen molar-refractivity contribution in [1.82, 2.24) is 0 Å². The van der Waals surface area contributed by atoms with E-state index in [1.165, 1.54) is 12.1 Å². The normalized spacial score (nSPS) is 26.0. The monoisotopic (exact) mass is 456 g/mol. The summed E-state index contributed by atoms with van der Waals surface area (Å²) < 4.78 is 36.6. The number of Topliss-reactive ketones (excluding diaryl/α,β-unsaturated/α-hetero) is 1. The lowest BCUT2D eigenvalue weighted by Gasteiger charge is -2.26. The van der Waals surface area contributed by atoms with E-state index in [1.807, 2.05) is 13.0 Å². The molecule has 0 aliphatic heterocycles. The molecule has 4 atom stereocenters. The predicted molar refractivity (Wildman–Crippen MR) is 119 cm³/mol. The Kier molecular flexibility index (Phi) is 6.23. The van der Waals surface area contributed by atoms with Crippen molar-refractivity contribution < 1.29 is 26.9 Å². The Morgan fingerprint density at radius 2 is 1.81 bits per heavy atom. The fourth-order valence-corrected chi connectivity index (χ4v) is 6.02. The summed E-state index contributed by atoms with van der Waals surface area (Å²) in [4.78, 5) is 24.8. The Hall–Kier alpha value is -2.51. The topological polar surface area (TPSA) is 86.7 Å². The minimum absolute atomic E-state index is 0.0667. The second-order valence-corrected chi connectivity index (χ2v) is 10.9. The lowest BCUT2D eigenvalue weighted by atomic mass is 9.82. The van der Waals surface area contributed by atoms with E-state index in [0.29, 0.717) is 31.2 Å². The Bertz CT molecular complexity index is 1090. The molecular formula is C25H28O6S. The van der Waals surface area contributed by atoms with E-state index in [2.05, 4.69) is 6.92 Å². The molecule has 2 aliphatic carbocycles. The molecule has 4 rings (SSSR count). The third-order valence-corrected chi connectivity index (χ3v) is 8.16. The van der Waals surface area contributed by atoms with Gasteiger partial charge in [0.2, 0.25) is 0 Å². The van der Waals surface area contributed by atoms with Gasteiger partial charge < -0.3 is 4.74 Å². The summed E-state index contributed by atoms with van der Waals surface area (Å²) in [6.45, 7) is 3.72. The number of hydrogen-bond acceptors (Lipinski definition) is 6. The molecule has 2 aliphatic rings. The number of hydrogen-bond donors (Lipinski definition) is 0. The van der Waals surface area contributed by atoms with Crippen molar-refractivity contribution in [3.63, 3.8) is 0 Å². The van der Waals surface area contributed by atoms with E-state index < -0.39 is 22.2 Å². The van der Waals surface area contributed by atoms with Crippen LogP contribution in [0.15, 0.2) is 59.5 Å². The highest BCUT2D eigenvalue weighted by molar-refractivity contribution is 7.86. The predicted octanol–water partition coefficient (Wildman–Crippen LogP) is 4.32. The standard InChI is InChI=1S/C25H28O6S/c1-17-8-10-22(11-9-17)32(28,29)30-16-23(31-24(27)18-6-4-3-5-7-18)19-12-20-13-21(26)15-25(20,2)14-19/h3-11,19-20,23H,12-16H2,1-2H3/t19-,20-,23-,25+/m0/s1. The maximum atomic E-state index is 12.7. The smallest absolute Gasteiger partial charge is 0.338 e. The van der Waals surface area contributed by atoms with Gasteiger partial charge in [-0.25, -0.2) is 4.79 Å². The van der Waals surface area contributed by atoms with Gasteiger partial charge in [0.05, 0.1) is 10.5 Å². The number of fused-ring (bicyclic) bond motifs is 1. The molecule has 0 unspecified atom stereocenters. The second kappa shape index (κ2) is 8.79. The molecule has 0 amide bonds. The van der Waals surface area contributed by atoms with E-state index >= 15 is 0 Å². The maximum Gasteiger partial charge on any atom is 0.338 e. The van der Waals surface area contributed by atoms with Gasteiger partial charge in [0.15, 0.2) is 0 Å². The van der Waals surface area contributed by atoms with Crippen LogP contribution in [-0.4, -0.2) is 32.9 Å². The molecule has 6 nitrogen and oxygen atoms in total. The average molecular weight is 457 g/mol. The minimum Gasteiger partial charge on any atom is -0.456 e. The first-order chi connectivity index (χ1) is 15.2. The molecule has 0 bridgehead atoms. The quantitative estimate of drug-likeness (QED) is 0.456. The van der Waals surface area contributed by atoms with Crippen molar-refractivity contribution >= 4 is 21.9 Å². The number of ether oxygens (including phenoxy) is 1. The van der Waals surface area contributed by atoms with E-state index in [0.717, 1.165) is 5.56 Å². The SMILES string of the molecule is Cc1ccc(S(=O)(=O)OC[C@H](OC(=O)c2ccccc2)[C@H]2C[C@H]3CC(=O)C[C@@]3(C)C2)cc1. The van der Waals surface area contributed by atoms with Crippen molar-refractivity contribution in [1.29, 1.82) is 0 Å². The van der Waals surface area contributed by atoms with Gasteiger partial charge in [-0.05, 0) is 61.3 Å². The van der Waals surface area contributed by atoms with Gasteiger partial charge in [-0.3, -0.25) is 8.98 Å². The van der Waals surface area contributed by atoms with E-state index in [1.54, 1.807) is 36.4 Å². The molecule has 7 heteroatoms. The van der Waals surface area contributed by atoms with Crippen LogP contribution in [0.4, 0.5) is 0 Å². The summed E-state index contributed by atoms with van der Waals surface area (Å²) in [7, 11) is -3.99. The fourth-order valence-electron chi connectivity index (χ4n) is 5.10. The molecule has 0 radical (unpaired) electrons. The molecule has 2 fully saturated rings. The summed E-state index contributed by atoms with van der Waals surface area (Å²) in [5.74, 6) is -0.0807. The number of benzene rings is 2. The van der Waals surface area contributed by atoms with Gasteiger partial charge in [0.1, 0.15) is 18.5 Å². The molecule has 2 aromatic rings. The number of ketones is 1. The first-order valence-corrected chi connectivity index (χ1v) is 12.3. The Labute approximate surface area is 189 Å². The largest absolute Gasteiger partial charge is 0.456 e. The molecule has 32 heavy (non-hydrogen) atoms. The molecule has 170 valence electrons. The van der Waals surface area contributed by atoms with Crippen LogP contribution in [0.1, 0.15) is 48.5 Å². The summed E-state index contributed by atoms with van der Waals surface area (Å²) in [6.07, 6.45) is 1.75. The van der Waals surface area contributed by atoms with Crippen LogP contribution >= 0.6 is 0 Å². The summed E-state index contributed by atoms with van der Waals surface area (Å²) in [5, 5.41) is 0.